The summed E-state index contributed by atoms with van der Waals surface area (Å²) in [5.41, 5.74) is -0.317. The summed E-state index contributed by atoms with van der Waals surface area (Å²) in [6, 6.07) is 8.77. The molecule has 1 aliphatic rings. The molecule has 0 radical (unpaired) electrons. The largest absolute Gasteiger partial charge is 0.492 e. The predicted molar refractivity (Wildman–Crippen MR) is 93.9 cm³/mol. The van der Waals surface area contributed by atoms with Crippen molar-refractivity contribution in [3.8, 4) is 5.75 Å². The van der Waals surface area contributed by atoms with E-state index >= 15 is 0 Å². The maximum absolute atomic E-state index is 13.1. The fraction of sp³-hybridized carbons (Fsp3) is 0.444. The Bertz CT molecular complexity index is 793. The molecule has 0 unspecified atom stereocenters. The van der Waals surface area contributed by atoms with Crippen LogP contribution in [-0.2, 0) is 30.5 Å². The van der Waals surface area contributed by atoms with Gasteiger partial charge in [-0.15, -0.1) is 0 Å². The minimum atomic E-state index is -4.53. The lowest BCUT2D eigenvalue weighted by Crippen LogP contribution is -2.39. The van der Waals surface area contributed by atoms with Gasteiger partial charge in [-0.25, -0.2) is 4.79 Å². The summed E-state index contributed by atoms with van der Waals surface area (Å²) in [5.74, 6) is 0.706. The number of para-hydroxylation sites is 1. The van der Waals surface area contributed by atoms with Gasteiger partial charge in [0.2, 0.25) is 0 Å². The Morgan fingerprint density at radius 1 is 1.21 bits per heavy atom. The fourth-order valence-electron chi connectivity index (χ4n) is 2.91. The van der Waals surface area contributed by atoms with Crippen LogP contribution in [0.2, 0.25) is 0 Å². The van der Waals surface area contributed by atoms with Gasteiger partial charge in [0.25, 0.3) is 0 Å². The van der Waals surface area contributed by atoms with E-state index in [1.54, 1.807) is 0 Å². The van der Waals surface area contributed by atoms with Crippen LogP contribution in [0.25, 0.3) is 0 Å². The van der Waals surface area contributed by atoms with Gasteiger partial charge in [-0.1, -0.05) is 18.2 Å². The molecule has 10 heteroatoms. The molecule has 152 valence electrons. The molecule has 2 N–H and O–H groups in total. The molecule has 2 heterocycles. The van der Waals surface area contributed by atoms with Crippen LogP contribution in [0.5, 0.6) is 5.75 Å². The molecule has 28 heavy (non-hydrogen) atoms. The molecule has 0 atom stereocenters. The van der Waals surface area contributed by atoms with Crippen molar-refractivity contribution in [2.24, 2.45) is 0 Å². The number of hydrogen-bond donors (Lipinski definition) is 2. The van der Waals surface area contributed by atoms with E-state index < -0.39 is 17.9 Å². The van der Waals surface area contributed by atoms with Gasteiger partial charge < -0.3 is 20.1 Å². The molecule has 0 bridgehead atoms. The Balaban J connectivity index is 1.43. The zero-order chi connectivity index (χ0) is 20.0. The van der Waals surface area contributed by atoms with Crippen molar-refractivity contribution >= 4 is 6.03 Å². The minimum Gasteiger partial charge on any atom is -0.492 e. The van der Waals surface area contributed by atoms with Gasteiger partial charge in [0, 0.05) is 24.2 Å². The van der Waals surface area contributed by atoms with Gasteiger partial charge in [0.1, 0.15) is 12.4 Å². The highest BCUT2D eigenvalue weighted by Crippen LogP contribution is 2.34. The molecule has 0 saturated heterocycles. The van der Waals surface area contributed by atoms with Crippen molar-refractivity contribution in [2.45, 2.75) is 25.7 Å². The molecular weight excluding hydrogens is 377 g/mol. The molecule has 0 spiro atoms. The number of carbonyl (C=O) groups is 1. The van der Waals surface area contributed by atoms with Gasteiger partial charge >= 0.3 is 12.2 Å². The van der Waals surface area contributed by atoms with Gasteiger partial charge in [0.05, 0.1) is 26.3 Å². The molecule has 1 aliphatic heterocycles. The number of nitrogens with one attached hydrogen (secondary N) is 2. The highest BCUT2D eigenvalue weighted by molar-refractivity contribution is 5.73. The Hall–Kier alpha value is -2.75. The zero-order valence-corrected chi connectivity index (χ0v) is 15.1. The first-order valence-corrected chi connectivity index (χ1v) is 8.88. The number of amides is 2. The van der Waals surface area contributed by atoms with E-state index in [4.69, 9.17) is 9.47 Å². The summed E-state index contributed by atoms with van der Waals surface area (Å²) < 4.78 is 51.2. The summed E-state index contributed by atoms with van der Waals surface area (Å²) in [6.45, 7) is 1.15. The Labute approximate surface area is 159 Å². The van der Waals surface area contributed by atoms with E-state index in [0.29, 0.717) is 37.6 Å². The zero-order valence-electron chi connectivity index (χ0n) is 15.1. The number of nitrogens with zero attached hydrogens (tertiary/aromatic N) is 2. The molecule has 2 amide bonds. The van der Waals surface area contributed by atoms with Crippen LogP contribution in [0.4, 0.5) is 18.0 Å². The predicted octanol–water partition coefficient (Wildman–Crippen LogP) is 2.35. The highest BCUT2D eigenvalue weighted by Gasteiger charge is 2.39. The highest BCUT2D eigenvalue weighted by atomic mass is 19.4. The van der Waals surface area contributed by atoms with Gasteiger partial charge in [-0.05, 0) is 12.1 Å². The Morgan fingerprint density at radius 2 is 1.96 bits per heavy atom. The summed E-state index contributed by atoms with van der Waals surface area (Å²) >= 11 is 0. The average molecular weight is 398 g/mol. The van der Waals surface area contributed by atoms with Crippen molar-refractivity contribution < 1.29 is 27.4 Å². The van der Waals surface area contributed by atoms with E-state index in [2.05, 4.69) is 15.7 Å². The SMILES string of the molecule is O=C(NCCOc1ccccc1)NCCn1nc(C(F)(F)F)c2c1CCOC2. The van der Waals surface area contributed by atoms with Crippen LogP contribution >= 0.6 is 0 Å². The maximum atomic E-state index is 13.1. The monoisotopic (exact) mass is 398 g/mol. The first kappa shape index (κ1) is 20.0. The normalized spacial score (nSPS) is 13.7. The third-order valence-corrected chi connectivity index (χ3v) is 4.17. The summed E-state index contributed by atoms with van der Waals surface area (Å²) in [4.78, 5) is 11.8. The third kappa shape index (κ3) is 5.16. The van der Waals surface area contributed by atoms with Gasteiger partial charge in [0.15, 0.2) is 5.69 Å². The summed E-state index contributed by atoms with van der Waals surface area (Å²) in [7, 11) is 0. The number of fused-ring (bicyclic) bond motifs is 1. The van der Waals surface area contributed by atoms with Crippen molar-refractivity contribution in [1.82, 2.24) is 20.4 Å². The number of ether oxygens (including phenoxy) is 2. The standard InChI is InChI=1S/C18H21F3N4O3/c19-18(20,21)16-14-12-27-10-6-15(14)25(24-16)9-7-22-17(26)23-8-11-28-13-4-2-1-3-5-13/h1-5H,6-12H2,(H2,22,23,26). The number of halogens is 3. The quantitative estimate of drug-likeness (QED) is 0.702. The molecule has 3 rings (SSSR count). The fourth-order valence-corrected chi connectivity index (χ4v) is 2.91. The van der Waals surface area contributed by atoms with Crippen molar-refractivity contribution in [2.75, 3.05) is 26.3 Å². The number of carbonyl (C=O) groups excluding carboxylic acids is 1. The number of hydrogen-bond acceptors (Lipinski definition) is 4. The molecule has 2 aromatic rings. The molecule has 0 saturated carbocycles. The van der Waals surface area contributed by atoms with Crippen LogP contribution < -0.4 is 15.4 Å². The topological polar surface area (TPSA) is 77.4 Å². The van der Waals surface area contributed by atoms with Gasteiger partial charge in [-0.2, -0.15) is 18.3 Å². The first-order chi connectivity index (χ1) is 13.4. The molecule has 0 fully saturated rings. The smallest absolute Gasteiger partial charge is 0.435 e. The average Bonchev–Trinajstić information content (AvgIpc) is 3.05. The first-order valence-electron chi connectivity index (χ1n) is 8.88. The molecule has 7 nitrogen and oxygen atoms in total. The second-order valence-corrected chi connectivity index (χ2v) is 6.14. The Kier molecular flexibility index (Phi) is 6.40. The van der Waals surface area contributed by atoms with E-state index in [9.17, 15) is 18.0 Å². The van der Waals surface area contributed by atoms with Crippen LogP contribution in [0.15, 0.2) is 30.3 Å². The van der Waals surface area contributed by atoms with E-state index in [1.807, 2.05) is 30.3 Å². The lowest BCUT2D eigenvalue weighted by atomic mass is 10.1. The van der Waals surface area contributed by atoms with E-state index in [0.717, 1.165) is 0 Å². The number of rotatable bonds is 7. The summed E-state index contributed by atoms with van der Waals surface area (Å²) in [5, 5.41) is 8.92. The molecular formula is C18H21F3N4O3. The lowest BCUT2D eigenvalue weighted by molar-refractivity contribution is -0.142. The van der Waals surface area contributed by atoms with Crippen molar-refractivity contribution in [3.63, 3.8) is 0 Å². The van der Waals surface area contributed by atoms with Crippen molar-refractivity contribution in [3.05, 3.63) is 47.3 Å². The third-order valence-electron chi connectivity index (χ3n) is 4.17. The van der Waals surface area contributed by atoms with Crippen LogP contribution in [-0.4, -0.2) is 42.1 Å². The number of alkyl halides is 3. The minimum absolute atomic E-state index is 0.0845. The van der Waals surface area contributed by atoms with Crippen molar-refractivity contribution in [1.29, 1.82) is 0 Å². The van der Waals surface area contributed by atoms with E-state index in [1.165, 1.54) is 4.68 Å². The number of benzene rings is 1. The summed E-state index contributed by atoms with van der Waals surface area (Å²) in [6.07, 6.45) is -4.17. The maximum Gasteiger partial charge on any atom is 0.435 e. The van der Waals surface area contributed by atoms with Crippen LogP contribution in [0.3, 0.4) is 0 Å². The molecule has 0 aliphatic carbocycles. The van der Waals surface area contributed by atoms with Gasteiger partial charge in [-0.3, -0.25) is 4.68 Å². The van der Waals surface area contributed by atoms with Crippen LogP contribution in [0.1, 0.15) is 17.0 Å². The number of urea groups is 1. The molecule has 1 aromatic heterocycles. The lowest BCUT2D eigenvalue weighted by Gasteiger charge is -2.15. The second-order valence-electron chi connectivity index (χ2n) is 6.14. The van der Waals surface area contributed by atoms with E-state index in [-0.39, 0.29) is 25.3 Å². The molecule has 1 aromatic carbocycles. The second kappa shape index (κ2) is 8.96. The number of aromatic nitrogens is 2. The Morgan fingerprint density at radius 3 is 2.71 bits per heavy atom. The van der Waals surface area contributed by atoms with Crippen LogP contribution in [0, 0.1) is 0 Å².